The van der Waals surface area contributed by atoms with Gasteiger partial charge in [0.05, 0.1) is 7.11 Å². The maximum atomic E-state index is 13.1. The normalized spacial score (nSPS) is 20.8. The number of H-pyrrole nitrogens is 1. The highest BCUT2D eigenvalue weighted by molar-refractivity contribution is 5.97. The third kappa shape index (κ3) is 4.46. The van der Waals surface area contributed by atoms with Gasteiger partial charge < -0.3 is 14.5 Å². The molecule has 170 valence electrons. The number of hydrogen-bond donors (Lipinski definition) is 1. The highest BCUT2D eigenvalue weighted by Gasteiger charge is 2.37. The summed E-state index contributed by atoms with van der Waals surface area (Å²) in [5.41, 5.74) is 3.07. The van der Waals surface area contributed by atoms with Crippen molar-refractivity contribution in [3.8, 4) is 5.75 Å². The topological polar surface area (TPSA) is 91.4 Å². The summed E-state index contributed by atoms with van der Waals surface area (Å²) in [4.78, 5) is 29.7. The predicted molar refractivity (Wildman–Crippen MR) is 125 cm³/mol. The van der Waals surface area contributed by atoms with Crippen molar-refractivity contribution >= 4 is 28.9 Å². The molecule has 8 heteroatoms. The molecule has 2 fully saturated rings. The SMILES string of the molecule is COc1ccc(C=CC(=O)N2CC[C@@H]3CN(C(=O)c4ccc5n[nH]nc5c4)C[C@@H]3CC2)cc1. The van der Waals surface area contributed by atoms with Crippen LogP contribution in [0.25, 0.3) is 17.1 Å². The molecule has 2 aliphatic heterocycles. The van der Waals surface area contributed by atoms with E-state index in [9.17, 15) is 9.59 Å². The summed E-state index contributed by atoms with van der Waals surface area (Å²) >= 11 is 0. The Balaban J connectivity index is 1.17. The van der Waals surface area contributed by atoms with Gasteiger partial charge in [0.1, 0.15) is 16.8 Å². The molecule has 8 nitrogen and oxygen atoms in total. The van der Waals surface area contributed by atoms with Crippen LogP contribution in [-0.4, -0.2) is 70.3 Å². The molecule has 0 unspecified atom stereocenters. The third-order valence-electron chi connectivity index (χ3n) is 6.81. The Morgan fingerprint density at radius 3 is 2.36 bits per heavy atom. The van der Waals surface area contributed by atoms with E-state index >= 15 is 0 Å². The van der Waals surface area contributed by atoms with Crippen molar-refractivity contribution in [3.63, 3.8) is 0 Å². The smallest absolute Gasteiger partial charge is 0.253 e. The Morgan fingerprint density at radius 2 is 1.67 bits per heavy atom. The van der Waals surface area contributed by atoms with Crippen LogP contribution < -0.4 is 4.74 Å². The second-order valence-corrected chi connectivity index (χ2v) is 8.77. The number of nitrogens with zero attached hydrogens (tertiary/aromatic N) is 4. The summed E-state index contributed by atoms with van der Waals surface area (Å²) in [6.45, 7) is 2.92. The third-order valence-corrected chi connectivity index (χ3v) is 6.81. The number of carbonyl (C=O) groups is 2. The van der Waals surface area contributed by atoms with Crippen LogP contribution in [0.4, 0.5) is 0 Å². The number of hydrogen-bond acceptors (Lipinski definition) is 5. The van der Waals surface area contributed by atoms with Crippen LogP contribution in [0.3, 0.4) is 0 Å². The number of aromatic amines is 1. The molecule has 2 amide bonds. The van der Waals surface area contributed by atoms with Gasteiger partial charge in [0, 0.05) is 37.8 Å². The molecule has 0 radical (unpaired) electrons. The number of carbonyl (C=O) groups excluding carboxylic acids is 2. The fourth-order valence-electron chi connectivity index (χ4n) is 4.88. The first-order chi connectivity index (χ1) is 16.1. The van der Waals surface area contributed by atoms with Crippen LogP contribution in [0.15, 0.2) is 48.5 Å². The monoisotopic (exact) mass is 445 g/mol. The molecule has 0 saturated carbocycles. The lowest BCUT2D eigenvalue weighted by Gasteiger charge is -2.21. The summed E-state index contributed by atoms with van der Waals surface area (Å²) in [6, 6.07) is 13.1. The summed E-state index contributed by atoms with van der Waals surface area (Å²) in [6.07, 6.45) is 5.33. The number of amides is 2. The Kier molecular flexibility index (Phi) is 5.81. The van der Waals surface area contributed by atoms with Gasteiger partial charge in [0.25, 0.3) is 5.91 Å². The van der Waals surface area contributed by atoms with Gasteiger partial charge in [-0.25, -0.2) is 0 Å². The number of ether oxygens (including phenoxy) is 1. The van der Waals surface area contributed by atoms with E-state index in [-0.39, 0.29) is 11.8 Å². The molecule has 5 rings (SSSR count). The predicted octanol–water partition coefficient (Wildman–Crippen LogP) is 2.99. The van der Waals surface area contributed by atoms with Gasteiger partial charge in [-0.2, -0.15) is 15.4 Å². The zero-order valence-electron chi connectivity index (χ0n) is 18.6. The maximum Gasteiger partial charge on any atom is 0.253 e. The van der Waals surface area contributed by atoms with Crippen molar-refractivity contribution in [2.24, 2.45) is 11.8 Å². The molecule has 2 aromatic carbocycles. The van der Waals surface area contributed by atoms with Crippen molar-refractivity contribution in [3.05, 3.63) is 59.7 Å². The highest BCUT2D eigenvalue weighted by Crippen LogP contribution is 2.33. The van der Waals surface area contributed by atoms with Crippen molar-refractivity contribution in [2.75, 3.05) is 33.3 Å². The highest BCUT2D eigenvalue weighted by atomic mass is 16.5. The zero-order chi connectivity index (χ0) is 22.8. The molecule has 3 heterocycles. The molecular weight excluding hydrogens is 418 g/mol. The lowest BCUT2D eigenvalue weighted by atomic mass is 9.92. The average Bonchev–Trinajstić information content (AvgIpc) is 3.44. The Labute approximate surface area is 192 Å². The summed E-state index contributed by atoms with van der Waals surface area (Å²) in [7, 11) is 1.63. The van der Waals surface area contributed by atoms with Crippen molar-refractivity contribution in [1.82, 2.24) is 25.2 Å². The van der Waals surface area contributed by atoms with E-state index in [1.807, 2.05) is 52.3 Å². The van der Waals surface area contributed by atoms with Crippen LogP contribution in [0.2, 0.25) is 0 Å². The summed E-state index contributed by atoms with van der Waals surface area (Å²) < 4.78 is 5.17. The number of nitrogens with one attached hydrogen (secondary N) is 1. The van der Waals surface area contributed by atoms with E-state index in [1.165, 1.54) is 0 Å². The zero-order valence-corrected chi connectivity index (χ0v) is 18.6. The molecule has 3 aromatic rings. The Bertz CT molecular complexity index is 1170. The number of rotatable bonds is 4. The van der Waals surface area contributed by atoms with Crippen LogP contribution in [0.5, 0.6) is 5.75 Å². The number of fused-ring (bicyclic) bond motifs is 2. The number of methoxy groups -OCH3 is 1. The first-order valence-corrected chi connectivity index (χ1v) is 11.3. The molecule has 2 aliphatic rings. The van der Waals surface area contributed by atoms with Gasteiger partial charge in [-0.1, -0.05) is 12.1 Å². The van der Waals surface area contributed by atoms with Crippen molar-refractivity contribution in [1.29, 1.82) is 0 Å². The fourth-order valence-corrected chi connectivity index (χ4v) is 4.88. The maximum absolute atomic E-state index is 13.1. The first kappa shape index (κ1) is 21.2. The standard InChI is InChI=1S/C25H27N5O3/c1-33-21-6-2-17(3-7-21)4-9-24(31)29-12-10-19-15-30(16-20(19)11-13-29)25(32)18-5-8-22-23(14-18)27-28-26-22/h2-9,14,19-20H,10-13,15-16H2,1H3,(H,26,27,28)/t19-,20+. The van der Waals surface area contributed by atoms with Gasteiger partial charge in [-0.05, 0) is 66.6 Å². The van der Waals surface area contributed by atoms with Crippen LogP contribution in [0.1, 0.15) is 28.8 Å². The Hall–Kier alpha value is -3.68. The van der Waals surface area contributed by atoms with Gasteiger partial charge in [-0.3, -0.25) is 9.59 Å². The quantitative estimate of drug-likeness (QED) is 0.624. The molecule has 2 atom stereocenters. The van der Waals surface area contributed by atoms with Gasteiger partial charge in [0.2, 0.25) is 5.91 Å². The van der Waals surface area contributed by atoms with E-state index in [2.05, 4.69) is 15.4 Å². The van der Waals surface area contributed by atoms with E-state index in [0.29, 0.717) is 22.9 Å². The van der Waals surface area contributed by atoms with Crippen molar-refractivity contribution < 1.29 is 14.3 Å². The van der Waals surface area contributed by atoms with E-state index in [4.69, 9.17) is 4.74 Å². The minimum absolute atomic E-state index is 0.0413. The van der Waals surface area contributed by atoms with E-state index < -0.39 is 0 Å². The molecule has 33 heavy (non-hydrogen) atoms. The van der Waals surface area contributed by atoms with Gasteiger partial charge in [-0.15, -0.1) is 0 Å². The largest absolute Gasteiger partial charge is 0.497 e. The summed E-state index contributed by atoms with van der Waals surface area (Å²) in [5, 5.41) is 10.7. The van der Waals surface area contributed by atoms with E-state index in [1.54, 1.807) is 19.3 Å². The molecule has 0 aliphatic carbocycles. The summed E-state index contributed by atoms with van der Waals surface area (Å²) in [5.74, 6) is 1.73. The fraction of sp³-hybridized carbons (Fsp3) is 0.360. The van der Waals surface area contributed by atoms with Crippen LogP contribution >= 0.6 is 0 Å². The number of aromatic nitrogens is 3. The van der Waals surface area contributed by atoms with Crippen LogP contribution in [-0.2, 0) is 4.79 Å². The molecule has 0 spiro atoms. The van der Waals surface area contributed by atoms with Gasteiger partial charge in [0.15, 0.2) is 0 Å². The second kappa shape index (κ2) is 9.05. The number of likely N-dealkylation sites (tertiary alicyclic amines) is 2. The lowest BCUT2D eigenvalue weighted by molar-refractivity contribution is -0.126. The molecule has 1 N–H and O–H groups in total. The molecule has 0 bridgehead atoms. The Morgan fingerprint density at radius 1 is 0.970 bits per heavy atom. The minimum atomic E-state index is 0.0413. The molecular formula is C25H27N5O3. The number of benzene rings is 2. The average molecular weight is 446 g/mol. The minimum Gasteiger partial charge on any atom is -0.497 e. The second-order valence-electron chi connectivity index (χ2n) is 8.77. The molecule has 1 aromatic heterocycles. The van der Waals surface area contributed by atoms with Crippen LogP contribution in [0, 0.1) is 11.8 Å². The molecule has 2 saturated heterocycles. The van der Waals surface area contributed by atoms with Gasteiger partial charge >= 0.3 is 0 Å². The van der Waals surface area contributed by atoms with E-state index in [0.717, 1.165) is 55.9 Å². The van der Waals surface area contributed by atoms with Crippen molar-refractivity contribution in [2.45, 2.75) is 12.8 Å². The lowest BCUT2D eigenvalue weighted by Crippen LogP contribution is -2.33. The first-order valence-electron chi connectivity index (χ1n) is 11.3.